The van der Waals surface area contributed by atoms with Crippen LogP contribution in [-0.4, -0.2) is 10.6 Å². The van der Waals surface area contributed by atoms with Crippen LogP contribution in [0, 0.1) is 10.1 Å². The van der Waals surface area contributed by atoms with Crippen molar-refractivity contribution < 1.29 is 9.66 Å². The Morgan fingerprint density at radius 3 is 2.70 bits per heavy atom. The topological polar surface area (TPSA) is 55.6 Å². The number of nitro groups is 1. The largest absolute Gasteiger partial charge is 0.467 e. The summed E-state index contributed by atoms with van der Waals surface area (Å²) in [5, 5.41) is 11.1. The van der Waals surface area contributed by atoms with Gasteiger partial charge in [-0.05, 0) is 50.1 Å². The van der Waals surface area contributed by atoms with E-state index in [0.717, 1.165) is 16.8 Å². The number of fused-ring (bicyclic) bond motifs is 4. The highest BCUT2D eigenvalue weighted by atomic mass is 16.6. The molecular weight excluding hydrogens is 340 g/mol. The van der Waals surface area contributed by atoms with Crippen LogP contribution in [0.2, 0.25) is 0 Å². The number of nitro benzene ring substituents is 1. The van der Waals surface area contributed by atoms with Crippen molar-refractivity contribution in [2.24, 2.45) is 0 Å². The fraction of sp³-hybridized carbons (Fsp3) is 0.273. The molecule has 5 nitrogen and oxygen atoms in total. The zero-order chi connectivity index (χ0) is 19.4. The van der Waals surface area contributed by atoms with Gasteiger partial charge in [-0.1, -0.05) is 30.9 Å². The molecule has 0 fully saturated rings. The fourth-order valence-electron chi connectivity index (χ4n) is 4.10. The summed E-state index contributed by atoms with van der Waals surface area (Å²) in [6.07, 6.45) is 5.71. The summed E-state index contributed by atoms with van der Waals surface area (Å²) in [7, 11) is 0. The van der Waals surface area contributed by atoms with E-state index < -0.39 is 5.72 Å². The summed E-state index contributed by atoms with van der Waals surface area (Å²) in [5.41, 5.74) is 3.51. The van der Waals surface area contributed by atoms with Gasteiger partial charge in [0.2, 0.25) is 0 Å². The molecule has 5 heteroatoms. The monoisotopic (exact) mass is 362 g/mol. The van der Waals surface area contributed by atoms with Crippen LogP contribution in [-0.2, 0) is 12.0 Å². The summed E-state index contributed by atoms with van der Waals surface area (Å²) in [6.45, 7) is 10.8. The Balaban J connectivity index is 1.83. The minimum absolute atomic E-state index is 0.0875. The molecule has 1 atom stereocenters. The lowest BCUT2D eigenvalue weighted by Gasteiger charge is -2.48. The highest BCUT2D eigenvalue weighted by Crippen LogP contribution is 2.55. The first-order valence-electron chi connectivity index (χ1n) is 8.95. The molecule has 0 amide bonds. The van der Waals surface area contributed by atoms with E-state index in [9.17, 15) is 10.1 Å². The average Bonchev–Trinajstić information content (AvgIpc) is 2.80. The van der Waals surface area contributed by atoms with Crippen molar-refractivity contribution in [3.8, 4) is 5.75 Å². The van der Waals surface area contributed by atoms with Crippen molar-refractivity contribution in [3.05, 3.63) is 81.9 Å². The van der Waals surface area contributed by atoms with Gasteiger partial charge < -0.3 is 9.64 Å². The first-order valence-corrected chi connectivity index (χ1v) is 8.95. The van der Waals surface area contributed by atoms with Crippen LogP contribution in [0.25, 0.3) is 6.08 Å². The summed E-state index contributed by atoms with van der Waals surface area (Å²) in [6, 6.07) is 11.2. The predicted molar refractivity (Wildman–Crippen MR) is 107 cm³/mol. The van der Waals surface area contributed by atoms with Crippen LogP contribution in [0.4, 0.5) is 11.4 Å². The van der Waals surface area contributed by atoms with E-state index in [0.29, 0.717) is 12.3 Å². The van der Waals surface area contributed by atoms with Gasteiger partial charge in [0.15, 0.2) is 5.72 Å². The Labute approximate surface area is 158 Å². The predicted octanol–water partition coefficient (Wildman–Crippen LogP) is 5.20. The molecule has 0 spiro atoms. The maximum Gasteiger partial charge on any atom is 0.270 e. The van der Waals surface area contributed by atoms with Gasteiger partial charge in [-0.2, -0.15) is 0 Å². The Bertz CT molecular complexity index is 993. The first-order chi connectivity index (χ1) is 12.8. The molecule has 0 aliphatic carbocycles. The lowest BCUT2D eigenvalue weighted by molar-refractivity contribution is -0.385. The third kappa shape index (κ3) is 2.38. The van der Waals surface area contributed by atoms with E-state index in [1.54, 1.807) is 18.2 Å². The van der Waals surface area contributed by atoms with E-state index in [4.69, 9.17) is 4.74 Å². The second-order valence-electron chi connectivity index (χ2n) is 7.72. The molecule has 0 N–H and O–H groups in total. The quantitative estimate of drug-likeness (QED) is 0.428. The molecule has 0 saturated carbocycles. The van der Waals surface area contributed by atoms with Crippen LogP contribution >= 0.6 is 0 Å². The Morgan fingerprint density at radius 1 is 1.22 bits per heavy atom. The summed E-state index contributed by atoms with van der Waals surface area (Å²) < 4.78 is 6.47. The summed E-state index contributed by atoms with van der Waals surface area (Å²) in [4.78, 5) is 13.0. The van der Waals surface area contributed by atoms with Gasteiger partial charge in [-0.25, -0.2) is 0 Å². The lowest BCUT2D eigenvalue weighted by Crippen LogP contribution is -2.59. The second kappa shape index (κ2) is 5.71. The Hall–Kier alpha value is -3.08. The smallest absolute Gasteiger partial charge is 0.270 e. The van der Waals surface area contributed by atoms with Crippen molar-refractivity contribution in [3.63, 3.8) is 0 Å². The van der Waals surface area contributed by atoms with E-state index in [1.807, 2.05) is 12.2 Å². The SMILES string of the molecule is C=C/C=C/c1ccc2c(c1)C(C)(C)C1(C)Oc3ccc([N+](=O)[O-])cc3CN21. The molecule has 138 valence electrons. The maximum atomic E-state index is 11.1. The number of nitrogens with zero attached hydrogens (tertiary/aromatic N) is 2. The molecular formula is C22H22N2O3. The summed E-state index contributed by atoms with van der Waals surface area (Å²) >= 11 is 0. The highest BCUT2D eigenvalue weighted by molar-refractivity contribution is 5.71. The van der Waals surface area contributed by atoms with Gasteiger partial charge in [0, 0.05) is 23.4 Å². The van der Waals surface area contributed by atoms with Gasteiger partial charge in [0.1, 0.15) is 5.75 Å². The number of hydrogen-bond donors (Lipinski definition) is 0. The molecule has 27 heavy (non-hydrogen) atoms. The number of non-ortho nitro benzene ring substituents is 1. The molecule has 2 aliphatic rings. The number of hydrogen-bond acceptors (Lipinski definition) is 4. The summed E-state index contributed by atoms with van der Waals surface area (Å²) in [5.74, 6) is 0.715. The van der Waals surface area contributed by atoms with Crippen molar-refractivity contribution in [2.75, 3.05) is 4.90 Å². The minimum Gasteiger partial charge on any atom is -0.467 e. The number of anilines is 1. The normalized spacial score (nSPS) is 22.0. The molecule has 0 bridgehead atoms. The van der Waals surface area contributed by atoms with Gasteiger partial charge in [0.05, 0.1) is 16.9 Å². The first kappa shape index (κ1) is 17.3. The van der Waals surface area contributed by atoms with Crippen molar-refractivity contribution in [1.82, 2.24) is 0 Å². The van der Waals surface area contributed by atoms with Crippen LogP contribution in [0.15, 0.2) is 55.1 Å². The number of rotatable bonds is 3. The number of ether oxygens (including phenoxy) is 1. The Morgan fingerprint density at radius 2 is 2.00 bits per heavy atom. The molecule has 2 aromatic carbocycles. The van der Waals surface area contributed by atoms with E-state index in [1.165, 1.54) is 11.6 Å². The maximum absolute atomic E-state index is 11.1. The van der Waals surface area contributed by atoms with Crippen LogP contribution in [0.3, 0.4) is 0 Å². The molecule has 2 aromatic rings. The molecule has 0 radical (unpaired) electrons. The Kier molecular flexibility index (Phi) is 3.67. The zero-order valence-electron chi connectivity index (χ0n) is 15.7. The molecule has 2 heterocycles. The van der Waals surface area contributed by atoms with Crippen molar-refractivity contribution in [1.29, 1.82) is 0 Å². The average molecular weight is 362 g/mol. The third-order valence-electron chi connectivity index (χ3n) is 5.98. The molecule has 0 aromatic heterocycles. The van der Waals surface area contributed by atoms with Crippen LogP contribution in [0.5, 0.6) is 5.75 Å². The van der Waals surface area contributed by atoms with Crippen LogP contribution < -0.4 is 9.64 Å². The van der Waals surface area contributed by atoms with Crippen molar-refractivity contribution >= 4 is 17.5 Å². The van der Waals surface area contributed by atoms with Gasteiger partial charge in [-0.3, -0.25) is 10.1 Å². The van der Waals surface area contributed by atoms with E-state index in [-0.39, 0.29) is 16.0 Å². The molecule has 0 saturated heterocycles. The highest BCUT2D eigenvalue weighted by Gasteiger charge is 2.57. The number of allylic oxidation sites excluding steroid dienone is 2. The molecule has 1 unspecified atom stereocenters. The fourth-order valence-corrected chi connectivity index (χ4v) is 4.10. The van der Waals surface area contributed by atoms with E-state index >= 15 is 0 Å². The second-order valence-corrected chi connectivity index (χ2v) is 7.72. The third-order valence-corrected chi connectivity index (χ3v) is 5.98. The van der Waals surface area contributed by atoms with Crippen molar-refractivity contribution in [2.45, 2.75) is 38.5 Å². The van der Waals surface area contributed by atoms with Gasteiger partial charge >= 0.3 is 0 Å². The lowest BCUT2D eigenvalue weighted by atomic mass is 9.77. The van der Waals surface area contributed by atoms with Crippen LogP contribution in [0.1, 0.15) is 37.5 Å². The number of benzene rings is 2. The minimum atomic E-state index is -0.570. The standard InChI is InChI=1S/C22H22N2O3/c1-5-6-7-15-8-10-19-18(12-15)21(2,3)22(4)23(19)14-16-13-17(24(25)26)9-11-20(16)27-22/h5-13H,1,14H2,2-4H3/b7-6+. The zero-order valence-corrected chi connectivity index (χ0v) is 15.7. The molecule has 2 aliphatic heterocycles. The van der Waals surface area contributed by atoms with Gasteiger partial charge in [0.25, 0.3) is 5.69 Å². The molecule has 4 rings (SSSR count). The van der Waals surface area contributed by atoms with Gasteiger partial charge in [-0.15, -0.1) is 0 Å². The van der Waals surface area contributed by atoms with E-state index in [2.05, 4.69) is 50.4 Å².